The van der Waals surface area contributed by atoms with Crippen molar-refractivity contribution < 1.29 is 13.6 Å². The van der Waals surface area contributed by atoms with Crippen LogP contribution in [-0.4, -0.2) is 16.9 Å². The summed E-state index contributed by atoms with van der Waals surface area (Å²) in [7, 11) is 0. The Bertz CT molecular complexity index is 452. The van der Waals surface area contributed by atoms with Crippen molar-refractivity contribution in [3.05, 3.63) is 17.7 Å². The van der Waals surface area contributed by atoms with Crippen LogP contribution in [0.1, 0.15) is 13.8 Å². The molecule has 1 unspecified atom stereocenters. The molecule has 0 aliphatic carbocycles. The Hall–Kier alpha value is -1.96. The highest BCUT2D eigenvalue weighted by atomic mass is 19.1. The molecule has 6 nitrogen and oxygen atoms in total. The van der Waals surface area contributed by atoms with Crippen LogP contribution < -0.4 is 22.3 Å². The lowest BCUT2D eigenvalue weighted by Gasteiger charge is -2.20. The number of nitrogens with one attached hydrogen (secondary N) is 2. The fraction of sp³-hybridized carbons (Fsp3) is 0.400. The summed E-state index contributed by atoms with van der Waals surface area (Å²) in [6, 6.07) is -0.203. The second-order valence-electron chi connectivity index (χ2n) is 4.06. The Balaban J connectivity index is 3.06. The van der Waals surface area contributed by atoms with Gasteiger partial charge in [0.05, 0.1) is 0 Å². The number of pyridine rings is 1. The van der Waals surface area contributed by atoms with Gasteiger partial charge in [-0.2, -0.15) is 0 Å². The van der Waals surface area contributed by atoms with Gasteiger partial charge < -0.3 is 16.5 Å². The summed E-state index contributed by atoms with van der Waals surface area (Å²) < 4.78 is 26.6. The van der Waals surface area contributed by atoms with Crippen LogP contribution in [0.2, 0.25) is 0 Å². The number of nitrogen functional groups attached to an aromatic ring is 1. The van der Waals surface area contributed by atoms with E-state index in [4.69, 9.17) is 11.6 Å². The molecule has 0 fully saturated rings. The third-order valence-corrected chi connectivity index (χ3v) is 2.33. The van der Waals surface area contributed by atoms with E-state index in [2.05, 4.69) is 10.3 Å². The number of hydrogen-bond donors (Lipinski definition) is 4. The Morgan fingerprint density at radius 2 is 1.89 bits per heavy atom. The molecule has 1 aromatic heterocycles. The van der Waals surface area contributed by atoms with Gasteiger partial charge in [0.15, 0.2) is 23.3 Å². The smallest absolute Gasteiger partial charge is 0.240 e. The highest BCUT2D eigenvalue weighted by molar-refractivity contribution is 5.83. The van der Waals surface area contributed by atoms with Gasteiger partial charge in [-0.05, 0) is 5.92 Å². The molecule has 100 valence electrons. The number of aromatic nitrogens is 1. The fourth-order valence-corrected chi connectivity index (χ4v) is 1.38. The maximum atomic E-state index is 13.5. The van der Waals surface area contributed by atoms with Crippen LogP contribution in [-0.2, 0) is 4.79 Å². The third kappa shape index (κ3) is 3.04. The molecule has 18 heavy (non-hydrogen) atoms. The van der Waals surface area contributed by atoms with Crippen LogP contribution in [0.15, 0.2) is 6.07 Å². The molecule has 1 heterocycles. The Morgan fingerprint density at radius 1 is 1.33 bits per heavy atom. The van der Waals surface area contributed by atoms with Crippen molar-refractivity contribution >= 4 is 17.5 Å². The molecule has 6 N–H and O–H groups in total. The van der Waals surface area contributed by atoms with Gasteiger partial charge in [0.2, 0.25) is 5.91 Å². The zero-order valence-corrected chi connectivity index (χ0v) is 10.00. The zero-order chi connectivity index (χ0) is 13.9. The standard InChI is InChI=1S/C10H15F2N5O/c1-4(2)7(8(13)18)15-9-5(11)3-6(12)10(16-9)17-14/h3-4,7H,14H2,1-2H3,(H2,13,18)(H2,15,16,17). The molecule has 0 aromatic carbocycles. The predicted molar refractivity (Wildman–Crippen MR) is 63.4 cm³/mol. The summed E-state index contributed by atoms with van der Waals surface area (Å²) in [5.74, 6) is 1.71. The van der Waals surface area contributed by atoms with Crippen molar-refractivity contribution in [2.24, 2.45) is 17.5 Å². The van der Waals surface area contributed by atoms with Crippen molar-refractivity contribution in [2.45, 2.75) is 19.9 Å². The van der Waals surface area contributed by atoms with Crippen molar-refractivity contribution in [2.75, 3.05) is 10.7 Å². The van der Waals surface area contributed by atoms with E-state index in [1.807, 2.05) is 5.43 Å². The first-order valence-electron chi connectivity index (χ1n) is 5.25. The van der Waals surface area contributed by atoms with Gasteiger partial charge in [0.25, 0.3) is 0 Å². The highest BCUT2D eigenvalue weighted by Gasteiger charge is 2.22. The number of carbonyl (C=O) groups is 1. The number of anilines is 2. The summed E-state index contributed by atoms with van der Waals surface area (Å²) in [5.41, 5.74) is 7.16. The Morgan fingerprint density at radius 3 is 2.33 bits per heavy atom. The van der Waals surface area contributed by atoms with Crippen LogP contribution in [0.25, 0.3) is 0 Å². The van der Waals surface area contributed by atoms with E-state index in [9.17, 15) is 13.6 Å². The Kier molecular flexibility index (Phi) is 4.38. The minimum absolute atomic E-state index is 0.178. The molecule has 8 heteroatoms. The van der Waals surface area contributed by atoms with E-state index in [0.717, 1.165) is 0 Å². The first-order chi connectivity index (χ1) is 8.36. The normalized spacial score (nSPS) is 12.3. The van der Waals surface area contributed by atoms with E-state index in [1.54, 1.807) is 13.8 Å². The maximum absolute atomic E-state index is 13.5. The topological polar surface area (TPSA) is 106 Å². The monoisotopic (exact) mass is 259 g/mol. The average molecular weight is 259 g/mol. The number of primary amides is 1. The second-order valence-corrected chi connectivity index (χ2v) is 4.06. The number of nitrogens with two attached hydrogens (primary N) is 2. The summed E-state index contributed by atoms with van der Waals surface area (Å²) in [4.78, 5) is 14.8. The lowest BCUT2D eigenvalue weighted by Crippen LogP contribution is -2.40. The molecule has 0 radical (unpaired) electrons. The van der Waals surface area contributed by atoms with E-state index >= 15 is 0 Å². The number of nitrogens with zero attached hydrogens (tertiary/aromatic N) is 1. The molecule has 0 saturated carbocycles. The van der Waals surface area contributed by atoms with Gasteiger partial charge in [-0.3, -0.25) is 4.79 Å². The Labute approximate surface area is 103 Å². The van der Waals surface area contributed by atoms with Crippen LogP contribution >= 0.6 is 0 Å². The average Bonchev–Trinajstić information content (AvgIpc) is 2.26. The lowest BCUT2D eigenvalue weighted by atomic mass is 10.0. The predicted octanol–water partition coefficient (Wildman–Crippen LogP) is 0.567. The first kappa shape index (κ1) is 14.1. The first-order valence-corrected chi connectivity index (χ1v) is 5.25. The zero-order valence-electron chi connectivity index (χ0n) is 10.00. The summed E-state index contributed by atoms with van der Waals surface area (Å²) in [6.07, 6.45) is 0. The minimum Gasteiger partial charge on any atom is -0.368 e. The summed E-state index contributed by atoms with van der Waals surface area (Å²) in [5, 5.41) is 2.53. The van der Waals surface area contributed by atoms with Crippen molar-refractivity contribution in [1.82, 2.24) is 4.98 Å². The molecule has 1 aromatic rings. The number of amides is 1. The molecule has 1 rings (SSSR count). The van der Waals surface area contributed by atoms with Crippen molar-refractivity contribution in [3.8, 4) is 0 Å². The number of hydrogen-bond acceptors (Lipinski definition) is 5. The minimum atomic E-state index is -0.932. The summed E-state index contributed by atoms with van der Waals surface area (Å²) in [6.45, 7) is 3.46. The molecule has 0 aliphatic rings. The second kappa shape index (κ2) is 5.58. The SMILES string of the molecule is CC(C)C(Nc1nc(NN)c(F)cc1F)C(N)=O. The van der Waals surface area contributed by atoms with Gasteiger partial charge in [0.1, 0.15) is 6.04 Å². The molecule has 0 aliphatic heterocycles. The maximum Gasteiger partial charge on any atom is 0.240 e. The molecule has 0 spiro atoms. The van der Waals surface area contributed by atoms with Crippen LogP contribution in [0.3, 0.4) is 0 Å². The summed E-state index contributed by atoms with van der Waals surface area (Å²) >= 11 is 0. The molecular weight excluding hydrogens is 244 g/mol. The van der Waals surface area contributed by atoms with Gasteiger partial charge in [-0.1, -0.05) is 13.8 Å². The van der Waals surface area contributed by atoms with Gasteiger partial charge in [-0.25, -0.2) is 19.6 Å². The van der Waals surface area contributed by atoms with E-state index in [0.29, 0.717) is 6.07 Å². The molecule has 1 amide bonds. The van der Waals surface area contributed by atoms with Crippen LogP contribution in [0.5, 0.6) is 0 Å². The third-order valence-electron chi connectivity index (χ3n) is 2.33. The molecular formula is C10H15F2N5O. The quantitative estimate of drug-likeness (QED) is 0.457. The van der Waals surface area contributed by atoms with Crippen molar-refractivity contribution in [1.29, 1.82) is 0 Å². The fourth-order valence-electron chi connectivity index (χ4n) is 1.38. The molecule has 1 atom stereocenters. The van der Waals surface area contributed by atoms with Gasteiger partial charge in [-0.15, -0.1) is 0 Å². The highest BCUT2D eigenvalue weighted by Crippen LogP contribution is 2.20. The molecule has 0 bridgehead atoms. The van der Waals surface area contributed by atoms with Gasteiger partial charge in [0, 0.05) is 6.07 Å². The van der Waals surface area contributed by atoms with Crippen LogP contribution in [0.4, 0.5) is 20.4 Å². The number of hydrazine groups is 1. The van der Waals surface area contributed by atoms with E-state index in [1.165, 1.54) is 0 Å². The van der Waals surface area contributed by atoms with E-state index in [-0.39, 0.29) is 17.6 Å². The van der Waals surface area contributed by atoms with E-state index < -0.39 is 23.6 Å². The number of rotatable bonds is 5. The molecule has 0 saturated heterocycles. The van der Waals surface area contributed by atoms with Crippen molar-refractivity contribution in [3.63, 3.8) is 0 Å². The number of halogens is 2. The lowest BCUT2D eigenvalue weighted by molar-refractivity contribution is -0.119. The van der Waals surface area contributed by atoms with Gasteiger partial charge >= 0.3 is 0 Å². The largest absolute Gasteiger partial charge is 0.368 e. The number of carbonyl (C=O) groups excluding carboxylic acids is 1. The van der Waals surface area contributed by atoms with Crippen LogP contribution in [0, 0.1) is 17.6 Å².